The van der Waals surface area contributed by atoms with Gasteiger partial charge < -0.3 is 4.42 Å². The minimum absolute atomic E-state index is 0.717. The average Bonchev–Trinajstić information content (AvgIpc) is 2.70. The van der Waals surface area contributed by atoms with Gasteiger partial charge in [0, 0.05) is 5.39 Å². The molecule has 0 saturated carbocycles. The number of furan rings is 1. The first-order valence-electron chi connectivity index (χ1n) is 5.11. The Kier molecular flexibility index (Phi) is 3.51. The van der Waals surface area contributed by atoms with Gasteiger partial charge in [0.1, 0.15) is 11.7 Å². The Labute approximate surface area is 90.1 Å². The van der Waals surface area contributed by atoms with Crippen molar-refractivity contribution in [2.75, 3.05) is 0 Å². The second-order valence-electron chi connectivity index (χ2n) is 3.16. The molecule has 2 aromatic rings. The first-order chi connectivity index (χ1) is 7.24. The van der Waals surface area contributed by atoms with Crippen LogP contribution in [0, 0.1) is 25.2 Å². The van der Waals surface area contributed by atoms with Gasteiger partial charge in [0.05, 0.1) is 11.8 Å². The van der Waals surface area contributed by atoms with Crippen LogP contribution < -0.4 is 0 Å². The van der Waals surface area contributed by atoms with Gasteiger partial charge in [0.2, 0.25) is 0 Å². The molecule has 0 aliphatic heterocycles. The molecule has 15 heavy (non-hydrogen) atoms. The Morgan fingerprint density at radius 2 is 1.87 bits per heavy atom. The minimum atomic E-state index is 0.717. The monoisotopic (exact) mass is 201 g/mol. The van der Waals surface area contributed by atoms with Crippen molar-refractivity contribution >= 4 is 11.0 Å². The summed E-state index contributed by atoms with van der Waals surface area (Å²) >= 11 is 0. The van der Waals surface area contributed by atoms with Crippen molar-refractivity contribution in [1.82, 2.24) is 0 Å². The SMILES string of the molecule is CC.Cc1cc(C)c2occc2c1C#N. The summed E-state index contributed by atoms with van der Waals surface area (Å²) in [6, 6.07) is 6.01. The molecule has 2 heteroatoms. The molecule has 0 radical (unpaired) electrons. The molecule has 0 saturated heterocycles. The highest BCUT2D eigenvalue weighted by atomic mass is 16.3. The molecule has 1 aromatic heterocycles. The van der Waals surface area contributed by atoms with Crippen molar-refractivity contribution in [2.45, 2.75) is 27.7 Å². The van der Waals surface area contributed by atoms with Crippen LogP contribution in [-0.4, -0.2) is 0 Å². The fourth-order valence-corrected chi connectivity index (χ4v) is 1.63. The van der Waals surface area contributed by atoms with Crippen LogP contribution >= 0.6 is 0 Å². The second-order valence-corrected chi connectivity index (χ2v) is 3.16. The van der Waals surface area contributed by atoms with Gasteiger partial charge in [-0.3, -0.25) is 0 Å². The smallest absolute Gasteiger partial charge is 0.138 e. The van der Waals surface area contributed by atoms with E-state index in [0.717, 1.165) is 22.1 Å². The molecule has 1 heterocycles. The van der Waals surface area contributed by atoms with E-state index in [2.05, 4.69) is 6.07 Å². The first kappa shape index (κ1) is 11.3. The molecule has 0 bridgehead atoms. The van der Waals surface area contributed by atoms with Crippen molar-refractivity contribution in [3.63, 3.8) is 0 Å². The van der Waals surface area contributed by atoms with Gasteiger partial charge in [-0.2, -0.15) is 5.26 Å². The summed E-state index contributed by atoms with van der Waals surface area (Å²) in [6.45, 7) is 7.93. The van der Waals surface area contributed by atoms with Crippen molar-refractivity contribution in [3.8, 4) is 6.07 Å². The van der Waals surface area contributed by atoms with E-state index in [9.17, 15) is 0 Å². The molecule has 0 spiro atoms. The average molecular weight is 201 g/mol. The summed E-state index contributed by atoms with van der Waals surface area (Å²) in [4.78, 5) is 0. The standard InChI is InChI=1S/C11H9NO.C2H6/c1-7-5-8(2)11-9(3-4-13-11)10(7)6-12;1-2/h3-5H,1-2H3;1-2H3. The molecule has 1 aromatic carbocycles. The maximum atomic E-state index is 8.93. The zero-order valence-electron chi connectivity index (χ0n) is 9.59. The lowest BCUT2D eigenvalue weighted by molar-refractivity contribution is 0.613. The molecule has 0 unspecified atom stereocenters. The third kappa shape index (κ3) is 1.87. The van der Waals surface area contributed by atoms with Crippen molar-refractivity contribution in [1.29, 1.82) is 5.26 Å². The van der Waals surface area contributed by atoms with Crippen molar-refractivity contribution in [2.24, 2.45) is 0 Å². The van der Waals surface area contributed by atoms with E-state index >= 15 is 0 Å². The molecule has 0 aliphatic rings. The number of hydrogen-bond donors (Lipinski definition) is 0. The van der Waals surface area contributed by atoms with Gasteiger partial charge in [0.25, 0.3) is 0 Å². The third-order valence-corrected chi connectivity index (χ3v) is 2.23. The molecule has 0 N–H and O–H groups in total. The maximum Gasteiger partial charge on any atom is 0.138 e. The summed E-state index contributed by atoms with van der Waals surface area (Å²) < 4.78 is 5.30. The summed E-state index contributed by atoms with van der Waals surface area (Å²) in [5.74, 6) is 0. The molecule has 0 amide bonds. The van der Waals surface area contributed by atoms with E-state index in [-0.39, 0.29) is 0 Å². The quantitative estimate of drug-likeness (QED) is 0.647. The van der Waals surface area contributed by atoms with Crippen LogP contribution in [0.1, 0.15) is 30.5 Å². The molecule has 0 atom stereocenters. The van der Waals surface area contributed by atoms with Gasteiger partial charge in [-0.1, -0.05) is 19.9 Å². The predicted molar refractivity (Wildman–Crippen MR) is 61.8 cm³/mol. The van der Waals surface area contributed by atoms with Crippen LogP contribution in [0.5, 0.6) is 0 Å². The second kappa shape index (κ2) is 4.65. The van der Waals surface area contributed by atoms with Crippen LogP contribution in [-0.2, 0) is 0 Å². The number of nitriles is 1. The number of fused-ring (bicyclic) bond motifs is 1. The number of hydrogen-bond acceptors (Lipinski definition) is 2. The minimum Gasteiger partial charge on any atom is -0.464 e. The Balaban J connectivity index is 0.000000531. The Morgan fingerprint density at radius 1 is 1.20 bits per heavy atom. The lowest BCUT2D eigenvalue weighted by Gasteiger charge is -2.00. The topological polar surface area (TPSA) is 36.9 Å². The van der Waals surface area contributed by atoms with Crippen LogP contribution in [0.3, 0.4) is 0 Å². The highest BCUT2D eigenvalue weighted by Gasteiger charge is 2.08. The van der Waals surface area contributed by atoms with Crippen LogP contribution in [0.4, 0.5) is 0 Å². The van der Waals surface area contributed by atoms with Crippen LogP contribution in [0.25, 0.3) is 11.0 Å². The predicted octanol–water partition coefficient (Wildman–Crippen LogP) is 3.95. The van der Waals surface area contributed by atoms with Gasteiger partial charge in [-0.25, -0.2) is 0 Å². The Morgan fingerprint density at radius 3 is 2.47 bits per heavy atom. The fraction of sp³-hybridized carbons (Fsp3) is 0.308. The zero-order valence-corrected chi connectivity index (χ0v) is 9.59. The number of nitrogens with zero attached hydrogens (tertiary/aromatic N) is 1. The number of aryl methyl sites for hydroxylation is 2. The Hall–Kier alpha value is -1.75. The molecule has 0 aliphatic carbocycles. The number of rotatable bonds is 0. The molecule has 0 fully saturated rings. The van der Waals surface area contributed by atoms with Crippen molar-refractivity contribution < 1.29 is 4.42 Å². The zero-order chi connectivity index (χ0) is 11.4. The maximum absolute atomic E-state index is 8.93. The van der Waals surface area contributed by atoms with E-state index in [4.69, 9.17) is 9.68 Å². The Bertz CT molecular complexity index is 503. The lowest BCUT2D eigenvalue weighted by Crippen LogP contribution is -1.85. The fourth-order valence-electron chi connectivity index (χ4n) is 1.63. The highest BCUT2D eigenvalue weighted by Crippen LogP contribution is 2.25. The summed E-state index contributed by atoms with van der Waals surface area (Å²) in [6.07, 6.45) is 1.62. The van der Waals surface area contributed by atoms with E-state index in [0.29, 0.717) is 5.56 Å². The van der Waals surface area contributed by atoms with Crippen LogP contribution in [0.2, 0.25) is 0 Å². The normalized spacial score (nSPS) is 9.27. The molecular formula is C13H15NO. The summed E-state index contributed by atoms with van der Waals surface area (Å²) in [5.41, 5.74) is 3.63. The first-order valence-corrected chi connectivity index (χ1v) is 5.11. The summed E-state index contributed by atoms with van der Waals surface area (Å²) in [5, 5.41) is 9.85. The molecular weight excluding hydrogens is 186 g/mol. The highest BCUT2D eigenvalue weighted by molar-refractivity contribution is 5.87. The molecule has 2 rings (SSSR count). The van der Waals surface area contributed by atoms with E-state index in [1.807, 2.05) is 39.8 Å². The van der Waals surface area contributed by atoms with Gasteiger partial charge in [0.15, 0.2) is 0 Å². The summed E-state index contributed by atoms with van der Waals surface area (Å²) in [7, 11) is 0. The van der Waals surface area contributed by atoms with E-state index in [1.54, 1.807) is 6.26 Å². The van der Waals surface area contributed by atoms with E-state index in [1.165, 1.54) is 0 Å². The number of benzene rings is 1. The van der Waals surface area contributed by atoms with Crippen molar-refractivity contribution in [3.05, 3.63) is 35.1 Å². The molecule has 78 valence electrons. The van der Waals surface area contributed by atoms with Gasteiger partial charge in [-0.05, 0) is 31.0 Å². The van der Waals surface area contributed by atoms with Gasteiger partial charge >= 0.3 is 0 Å². The largest absolute Gasteiger partial charge is 0.464 e. The van der Waals surface area contributed by atoms with E-state index < -0.39 is 0 Å². The van der Waals surface area contributed by atoms with Gasteiger partial charge in [-0.15, -0.1) is 0 Å². The van der Waals surface area contributed by atoms with Crippen LogP contribution in [0.15, 0.2) is 22.8 Å². The molecule has 2 nitrogen and oxygen atoms in total. The lowest BCUT2D eigenvalue weighted by atomic mass is 10.0. The third-order valence-electron chi connectivity index (χ3n) is 2.23.